The van der Waals surface area contributed by atoms with Crippen molar-refractivity contribution in [1.82, 2.24) is 4.98 Å². The SMILES string of the molecule is COc1c(Br)ccc2[nH]c3c4c(c5c(c3c12)C(=O)CC5=O)CCC4. The molecule has 5 rings (SSSR count). The van der Waals surface area contributed by atoms with E-state index >= 15 is 0 Å². The Morgan fingerprint density at radius 2 is 1.79 bits per heavy atom. The van der Waals surface area contributed by atoms with E-state index in [2.05, 4.69) is 20.9 Å². The highest BCUT2D eigenvalue weighted by Crippen LogP contribution is 2.46. The molecule has 2 aliphatic carbocycles. The lowest BCUT2D eigenvalue weighted by molar-refractivity contribution is 0.0923. The van der Waals surface area contributed by atoms with Crippen LogP contribution in [0.2, 0.25) is 0 Å². The molecule has 1 aromatic heterocycles. The molecule has 24 heavy (non-hydrogen) atoms. The van der Waals surface area contributed by atoms with Gasteiger partial charge in [-0.05, 0) is 58.5 Å². The number of H-pyrrole nitrogens is 1. The first-order valence-electron chi connectivity index (χ1n) is 8.03. The second-order valence-corrected chi connectivity index (χ2v) is 7.32. The minimum Gasteiger partial charge on any atom is -0.495 e. The fourth-order valence-corrected chi connectivity index (χ4v) is 4.88. The summed E-state index contributed by atoms with van der Waals surface area (Å²) < 4.78 is 6.44. The van der Waals surface area contributed by atoms with Crippen molar-refractivity contribution >= 4 is 49.3 Å². The summed E-state index contributed by atoms with van der Waals surface area (Å²) in [4.78, 5) is 28.6. The molecule has 5 heteroatoms. The van der Waals surface area contributed by atoms with E-state index in [0.717, 1.165) is 51.1 Å². The zero-order valence-corrected chi connectivity index (χ0v) is 14.7. The van der Waals surface area contributed by atoms with Crippen LogP contribution in [0.5, 0.6) is 5.75 Å². The summed E-state index contributed by atoms with van der Waals surface area (Å²) >= 11 is 3.53. The van der Waals surface area contributed by atoms with Gasteiger partial charge >= 0.3 is 0 Å². The third kappa shape index (κ3) is 1.58. The molecule has 2 aromatic carbocycles. The number of ether oxygens (including phenoxy) is 1. The van der Waals surface area contributed by atoms with Crippen LogP contribution in [-0.4, -0.2) is 23.7 Å². The number of carbonyl (C=O) groups is 2. The van der Waals surface area contributed by atoms with E-state index in [1.807, 2.05) is 12.1 Å². The number of aromatic nitrogens is 1. The average molecular weight is 384 g/mol. The summed E-state index contributed by atoms with van der Waals surface area (Å²) in [5.41, 5.74) is 5.47. The van der Waals surface area contributed by atoms with Crippen LogP contribution in [0.1, 0.15) is 44.7 Å². The zero-order chi connectivity index (χ0) is 16.6. The van der Waals surface area contributed by atoms with Gasteiger partial charge in [-0.2, -0.15) is 0 Å². The predicted molar refractivity (Wildman–Crippen MR) is 95.4 cm³/mol. The van der Waals surface area contributed by atoms with Crippen LogP contribution < -0.4 is 4.74 Å². The van der Waals surface area contributed by atoms with Crippen LogP contribution in [0.25, 0.3) is 21.8 Å². The Morgan fingerprint density at radius 1 is 1.04 bits per heavy atom. The highest BCUT2D eigenvalue weighted by atomic mass is 79.9. The topological polar surface area (TPSA) is 59.2 Å². The second kappa shape index (κ2) is 4.70. The summed E-state index contributed by atoms with van der Waals surface area (Å²) in [7, 11) is 1.62. The van der Waals surface area contributed by atoms with Crippen LogP contribution in [-0.2, 0) is 12.8 Å². The van der Waals surface area contributed by atoms with Crippen molar-refractivity contribution in [2.24, 2.45) is 0 Å². The molecule has 4 nitrogen and oxygen atoms in total. The van der Waals surface area contributed by atoms with Crippen molar-refractivity contribution in [1.29, 1.82) is 0 Å². The number of Topliss-reactive ketones (excluding diaryl/α,β-unsaturated/α-hetero) is 2. The van der Waals surface area contributed by atoms with Crippen molar-refractivity contribution in [3.8, 4) is 5.75 Å². The van der Waals surface area contributed by atoms with E-state index in [-0.39, 0.29) is 18.0 Å². The normalized spacial score (nSPS) is 16.2. The fraction of sp³-hybridized carbons (Fsp3) is 0.263. The van der Waals surface area contributed by atoms with Crippen molar-refractivity contribution in [2.45, 2.75) is 25.7 Å². The Hall–Kier alpha value is -2.14. The monoisotopic (exact) mass is 383 g/mol. The Kier molecular flexibility index (Phi) is 2.78. The number of halogens is 1. The number of fused-ring (bicyclic) bond motifs is 8. The van der Waals surface area contributed by atoms with Crippen molar-refractivity contribution < 1.29 is 14.3 Å². The fourth-order valence-electron chi connectivity index (χ4n) is 4.39. The molecule has 0 bridgehead atoms. The Labute approximate surface area is 146 Å². The molecule has 0 radical (unpaired) electrons. The van der Waals surface area contributed by atoms with Gasteiger partial charge in [-0.3, -0.25) is 9.59 Å². The van der Waals surface area contributed by atoms with Gasteiger partial charge in [0.2, 0.25) is 0 Å². The number of hydrogen-bond donors (Lipinski definition) is 1. The van der Waals surface area contributed by atoms with E-state index in [9.17, 15) is 9.59 Å². The first-order chi connectivity index (χ1) is 11.6. The smallest absolute Gasteiger partial charge is 0.172 e. The van der Waals surface area contributed by atoms with Gasteiger partial charge in [-0.25, -0.2) is 0 Å². The number of rotatable bonds is 1. The minimum atomic E-state index is -0.0716. The van der Waals surface area contributed by atoms with Gasteiger partial charge in [-0.1, -0.05) is 0 Å². The summed E-state index contributed by atoms with van der Waals surface area (Å²) in [6.45, 7) is 0. The molecular weight excluding hydrogens is 370 g/mol. The maximum atomic E-state index is 12.6. The molecule has 2 aliphatic rings. The summed E-state index contributed by atoms with van der Waals surface area (Å²) in [6.07, 6.45) is 2.84. The van der Waals surface area contributed by atoms with Gasteiger partial charge < -0.3 is 9.72 Å². The quantitative estimate of drug-likeness (QED) is 0.635. The summed E-state index contributed by atoms with van der Waals surface area (Å²) in [6, 6.07) is 3.92. The Morgan fingerprint density at radius 3 is 2.58 bits per heavy atom. The predicted octanol–water partition coefficient (Wildman–Crippen LogP) is 4.35. The van der Waals surface area contributed by atoms with E-state index in [4.69, 9.17) is 4.74 Å². The van der Waals surface area contributed by atoms with E-state index in [1.54, 1.807) is 7.11 Å². The maximum absolute atomic E-state index is 12.6. The summed E-state index contributed by atoms with van der Waals surface area (Å²) in [5, 5.41) is 1.74. The number of methoxy groups -OCH3 is 1. The molecule has 0 amide bonds. The highest BCUT2D eigenvalue weighted by Gasteiger charge is 2.37. The number of nitrogens with one attached hydrogen (secondary N) is 1. The minimum absolute atomic E-state index is 0.0100. The number of aromatic amines is 1. The number of carbonyl (C=O) groups excluding carboxylic acids is 2. The summed E-state index contributed by atoms with van der Waals surface area (Å²) in [5.74, 6) is 0.599. The van der Waals surface area contributed by atoms with Crippen molar-refractivity contribution in [3.05, 3.63) is 38.9 Å². The number of benzene rings is 2. The number of aryl methyl sites for hydroxylation is 1. The number of ketones is 2. The van der Waals surface area contributed by atoms with Gasteiger partial charge in [0.1, 0.15) is 5.75 Å². The molecule has 1 N–H and O–H groups in total. The Balaban J connectivity index is 2.10. The molecule has 3 aromatic rings. The van der Waals surface area contributed by atoms with Gasteiger partial charge in [0.25, 0.3) is 0 Å². The van der Waals surface area contributed by atoms with Gasteiger partial charge in [0, 0.05) is 16.5 Å². The zero-order valence-electron chi connectivity index (χ0n) is 13.1. The molecule has 0 saturated carbocycles. The lowest BCUT2D eigenvalue weighted by Gasteiger charge is -2.10. The van der Waals surface area contributed by atoms with E-state index in [0.29, 0.717) is 16.9 Å². The van der Waals surface area contributed by atoms with Crippen LogP contribution in [0.3, 0.4) is 0 Å². The molecule has 0 atom stereocenters. The molecule has 0 spiro atoms. The largest absolute Gasteiger partial charge is 0.495 e. The highest BCUT2D eigenvalue weighted by molar-refractivity contribution is 9.10. The molecule has 120 valence electrons. The van der Waals surface area contributed by atoms with Gasteiger partial charge in [-0.15, -0.1) is 0 Å². The van der Waals surface area contributed by atoms with E-state index < -0.39 is 0 Å². The van der Waals surface area contributed by atoms with Crippen LogP contribution >= 0.6 is 15.9 Å². The lowest BCUT2D eigenvalue weighted by atomic mass is 9.93. The van der Waals surface area contributed by atoms with Crippen LogP contribution in [0, 0.1) is 0 Å². The average Bonchev–Trinajstić information content (AvgIpc) is 3.22. The lowest BCUT2D eigenvalue weighted by Crippen LogP contribution is -2.00. The van der Waals surface area contributed by atoms with Crippen LogP contribution in [0.15, 0.2) is 16.6 Å². The third-order valence-electron chi connectivity index (χ3n) is 5.27. The second-order valence-electron chi connectivity index (χ2n) is 6.46. The molecular formula is C19H14BrNO3. The first kappa shape index (κ1) is 14.2. The van der Waals surface area contributed by atoms with E-state index in [1.165, 1.54) is 5.56 Å². The van der Waals surface area contributed by atoms with Gasteiger partial charge in [0.05, 0.1) is 34.4 Å². The van der Waals surface area contributed by atoms with Gasteiger partial charge in [0.15, 0.2) is 11.6 Å². The molecule has 0 aliphatic heterocycles. The number of hydrogen-bond acceptors (Lipinski definition) is 3. The standard InChI is InChI=1S/C19H14BrNO3/c1-24-19-10(20)5-6-11-15(19)17-16-13(23)7-12(22)14(16)8-3-2-4-9(8)18(17)21-11/h5-6,21H,2-4,7H2,1H3. The maximum Gasteiger partial charge on any atom is 0.172 e. The third-order valence-corrected chi connectivity index (χ3v) is 5.90. The Bertz CT molecular complexity index is 1090. The van der Waals surface area contributed by atoms with Crippen LogP contribution in [0.4, 0.5) is 0 Å². The first-order valence-corrected chi connectivity index (χ1v) is 8.83. The van der Waals surface area contributed by atoms with Crippen molar-refractivity contribution in [3.63, 3.8) is 0 Å². The molecule has 1 heterocycles. The molecule has 0 saturated heterocycles. The molecule has 0 unspecified atom stereocenters. The van der Waals surface area contributed by atoms with Crippen molar-refractivity contribution in [2.75, 3.05) is 7.11 Å². The molecule has 0 fully saturated rings.